The van der Waals surface area contributed by atoms with Crippen molar-refractivity contribution in [1.82, 2.24) is 0 Å². The Morgan fingerprint density at radius 2 is 1.52 bits per heavy atom. The molecule has 0 aromatic heterocycles. The molecule has 1 aromatic carbocycles. The predicted octanol–water partition coefficient (Wildman–Crippen LogP) is 5.39. The van der Waals surface area contributed by atoms with Gasteiger partial charge in [-0.15, -0.1) is 0 Å². The molecule has 0 bridgehead atoms. The molecule has 0 aliphatic rings. The van der Waals surface area contributed by atoms with Crippen molar-refractivity contribution >= 4 is 26.2 Å². The number of ketones is 1. The van der Waals surface area contributed by atoms with E-state index in [0.29, 0.717) is 5.75 Å². The van der Waals surface area contributed by atoms with Crippen LogP contribution in [-0.2, 0) is 25.5 Å². The number of halogens is 6. The molecule has 124 valence electrons. The van der Waals surface area contributed by atoms with E-state index in [0.717, 1.165) is 18.4 Å². The second kappa shape index (κ2) is 6.16. The predicted molar refractivity (Wildman–Crippen MR) is 78.1 cm³/mol. The summed E-state index contributed by atoms with van der Waals surface area (Å²) >= 11 is 3.26. The first-order valence-electron chi connectivity index (χ1n) is 6.04. The van der Waals surface area contributed by atoms with Gasteiger partial charge in [-0.1, -0.05) is 32.0 Å². The van der Waals surface area contributed by atoms with E-state index >= 15 is 0 Å². The Hall–Kier alpha value is -0.750. The fraction of sp³-hybridized carbons (Fsp3) is 0.417. The van der Waals surface area contributed by atoms with Crippen LogP contribution >= 0.6 is 7.81 Å². The quantitative estimate of drug-likeness (QED) is 0.307. The first kappa shape index (κ1) is 20.2. The zero-order valence-corrected chi connectivity index (χ0v) is 13.4. The molecule has 0 saturated heterocycles. The van der Waals surface area contributed by atoms with Crippen molar-refractivity contribution in [1.29, 1.82) is 0 Å². The third kappa shape index (κ3) is 10.6. The van der Waals surface area contributed by atoms with Gasteiger partial charge >= 0.3 is 33.0 Å². The van der Waals surface area contributed by atoms with Crippen LogP contribution in [-0.4, -0.2) is 11.5 Å². The number of benzene rings is 1. The van der Waals surface area contributed by atoms with Gasteiger partial charge in [0.2, 0.25) is 5.78 Å². The topological polar surface area (TPSA) is 17.1 Å². The summed E-state index contributed by atoms with van der Waals surface area (Å²) in [6.45, 7) is 4.22. The van der Waals surface area contributed by atoms with Crippen molar-refractivity contribution < 1.29 is 30.0 Å². The molecule has 1 nitrogen and oxygen atoms in total. The summed E-state index contributed by atoms with van der Waals surface area (Å²) in [5.74, 6) is 0.578. The summed E-state index contributed by atoms with van der Waals surface area (Å²) in [4.78, 5) is 11.6. The monoisotopic (exact) mass is 354 g/mol. The van der Waals surface area contributed by atoms with Crippen molar-refractivity contribution in [2.45, 2.75) is 26.7 Å². The standard InChI is InChI=1S/C12H16OS.F6P/c1-3-9-6-5-7-11(10(9)4-2)12(13)8-14;1-7(2,3,4,5)6/h5-7,14H,3-4,8H2,1-2H3;/q;-1/p+1. The van der Waals surface area contributed by atoms with Crippen LogP contribution in [0.25, 0.3) is 0 Å². The van der Waals surface area contributed by atoms with E-state index < -0.39 is 7.81 Å². The first-order chi connectivity index (χ1) is 9.19. The maximum absolute atomic E-state index is 11.6. The number of carbonyl (C=O) groups is 1. The van der Waals surface area contributed by atoms with Gasteiger partial charge < -0.3 is 0 Å². The number of carbonyl (C=O) groups excluding carboxylic acids is 1. The summed E-state index contributed by atoms with van der Waals surface area (Å²) in [7, 11) is -10.7. The molecule has 0 heterocycles. The van der Waals surface area contributed by atoms with Crippen LogP contribution in [0.2, 0.25) is 0 Å². The number of aryl methyl sites for hydroxylation is 1. The van der Waals surface area contributed by atoms with Crippen molar-refractivity contribution in [2.24, 2.45) is 0 Å². The zero-order chi connectivity index (χ0) is 17.0. The van der Waals surface area contributed by atoms with Gasteiger partial charge in [0.1, 0.15) is 0 Å². The number of hydrogen-bond acceptors (Lipinski definition) is 1. The van der Waals surface area contributed by atoms with E-state index in [-0.39, 0.29) is 5.78 Å². The molecule has 0 fully saturated rings. The number of Topliss-reactive ketones (excluding diaryl/α,β-unsaturated/α-hetero) is 1. The van der Waals surface area contributed by atoms with E-state index in [2.05, 4.69) is 32.5 Å². The Bertz CT molecular complexity index is 500. The normalized spacial score (nSPS) is 14.5. The summed E-state index contributed by atoms with van der Waals surface area (Å²) in [6.07, 6.45) is 1.92. The molecule has 0 unspecified atom stereocenters. The number of rotatable bonds is 4. The van der Waals surface area contributed by atoms with Crippen LogP contribution in [0.15, 0.2) is 18.2 Å². The van der Waals surface area contributed by atoms with Gasteiger partial charge in [0.15, 0.2) is 5.75 Å². The summed E-state index contributed by atoms with van der Waals surface area (Å²) < 4.78 is 59.2. The Labute approximate surface area is 124 Å². The molecule has 0 aliphatic carbocycles. The summed E-state index contributed by atoms with van der Waals surface area (Å²) in [5, 5.41) is 0. The van der Waals surface area contributed by atoms with Crippen LogP contribution < -0.4 is 0 Å². The molecule has 9 heteroatoms. The average molecular weight is 354 g/mol. The molecule has 0 atom stereocenters. The van der Waals surface area contributed by atoms with Crippen LogP contribution in [0.1, 0.15) is 35.3 Å². The van der Waals surface area contributed by atoms with Crippen molar-refractivity contribution in [3.05, 3.63) is 34.9 Å². The van der Waals surface area contributed by atoms with Crippen LogP contribution in [0.4, 0.5) is 25.2 Å². The molecule has 0 aliphatic heterocycles. The minimum absolute atomic E-state index is 0.175. The van der Waals surface area contributed by atoms with Crippen molar-refractivity contribution in [3.8, 4) is 0 Å². The van der Waals surface area contributed by atoms with E-state index in [9.17, 15) is 30.0 Å². The third-order valence-electron chi connectivity index (χ3n) is 2.47. The van der Waals surface area contributed by atoms with Crippen molar-refractivity contribution in [2.75, 3.05) is 5.75 Å². The molecule has 0 N–H and O–H groups in total. The Morgan fingerprint density at radius 3 is 1.86 bits per heavy atom. The minimum atomic E-state index is -10.7. The second-order valence-electron chi connectivity index (χ2n) is 4.21. The summed E-state index contributed by atoms with van der Waals surface area (Å²) in [6, 6.07) is 5.98. The fourth-order valence-electron chi connectivity index (χ4n) is 1.74. The van der Waals surface area contributed by atoms with Crippen molar-refractivity contribution in [3.63, 3.8) is 0 Å². The second-order valence-corrected chi connectivity index (χ2v) is 6.48. The van der Waals surface area contributed by atoms with Crippen LogP contribution in [0.3, 0.4) is 0 Å². The molecule has 21 heavy (non-hydrogen) atoms. The molecule has 0 radical (unpaired) electrons. The Balaban J connectivity index is 0.000000486. The van der Waals surface area contributed by atoms with Gasteiger partial charge in [0.05, 0.1) is 0 Å². The maximum atomic E-state index is 11.6. The van der Waals surface area contributed by atoms with Gasteiger partial charge in [-0.25, -0.2) is 0 Å². The van der Waals surface area contributed by atoms with Gasteiger partial charge in [-0.05, 0) is 36.6 Å². The molecule has 1 aromatic rings. The average Bonchev–Trinajstić information content (AvgIpc) is 2.32. The van der Waals surface area contributed by atoms with Crippen LogP contribution in [0, 0.1) is 0 Å². The molecule has 0 saturated carbocycles. The van der Waals surface area contributed by atoms with E-state index in [4.69, 9.17) is 0 Å². The van der Waals surface area contributed by atoms with E-state index in [1.165, 1.54) is 11.1 Å². The number of hydrogen-bond donors (Lipinski definition) is 0. The molecule has 1 rings (SSSR count). The van der Waals surface area contributed by atoms with Gasteiger partial charge in [0, 0.05) is 5.56 Å². The van der Waals surface area contributed by atoms with E-state index in [1.807, 2.05) is 12.1 Å². The fourth-order valence-corrected chi connectivity index (χ4v) is 1.93. The molecule has 0 amide bonds. The van der Waals surface area contributed by atoms with Gasteiger partial charge in [-0.3, -0.25) is 4.79 Å². The Kier molecular flexibility index (Phi) is 5.94. The summed E-state index contributed by atoms with van der Waals surface area (Å²) in [5.41, 5.74) is 3.37. The third-order valence-corrected chi connectivity index (χ3v) is 2.79. The molecular weight excluding hydrogens is 337 g/mol. The van der Waals surface area contributed by atoms with E-state index in [1.54, 1.807) is 0 Å². The Morgan fingerprint density at radius 1 is 1.05 bits per heavy atom. The van der Waals surface area contributed by atoms with Gasteiger partial charge in [0.25, 0.3) is 0 Å². The molecular formula is C12H17F6OPS. The zero-order valence-electron chi connectivity index (χ0n) is 11.5. The van der Waals surface area contributed by atoms with Crippen LogP contribution in [0.5, 0.6) is 0 Å². The molecule has 0 spiro atoms. The SMILES string of the molecule is CCc1cccc(C(=O)C[SH2+])c1CC.F[P-](F)(F)(F)(F)F. The van der Waals surface area contributed by atoms with Gasteiger partial charge in [-0.2, -0.15) is 0 Å². The first-order valence-corrected chi connectivity index (χ1v) is 8.78.